The third-order valence-corrected chi connectivity index (χ3v) is 2.99. The molecule has 0 amide bonds. The van der Waals surface area contributed by atoms with Crippen LogP contribution in [0.15, 0.2) is 36.5 Å². The van der Waals surface area contributed by atoms with Crippen molar-refractivity contribution in [1.82, 2.24) is 4.57 Å². The minimum Gasteiger partial charge on any atom is -0.493 e. The van der Waals surface area contributed by atoms with Gasteiger partial charge in [0.2, 0.25) is 0 Å². The smallest absolute Gasteiger partial charge is 0.163 e. The number of anilines is 1. The summed E-state index contributed by atoms with van der Waals surface area (Å²) in [4.78, 5) is 0. The second-order valence-corrected chi connectivity index (χ2v) is 4.26. The van der Waals surface area contributed by atoms with Gasteiger partial charge in [-0.2, -0.15) is 0 Å². The molecule has 4 nitrogen and oxygen atoms in total. The minimum absolute atomic E-state index is 0.623. The highest BCUT2D eigenvalue weighted by Gasteiger charge is 2.05. The third kappa shape index (κ3) is 3.22. The third-order valence-electron chi connectivity index (χ3n) is 2.99. The normalized spacial score (nSPS) is 10.3. The molecule has 1 heterocycles. The van der Waals surface area contributed by atoms with Gasteiger partial charge >= 0.3 is 0 Å². The van der Waals surface area contributed by atoms with Crippen LogP contribution in [0.25, 0.3) is 0 Å². The number of nitrogens with zero attached hydrogens (tertiary/aromatic N) is 1. The van der Waals surface area contributed by atoms with Crippen LogP contribution in [0.1, 0.15) is 12.6 Å². The lowest BCUT2D eigenvalue weighted by Crippen LogP contribution is -2.04. The van der Waals surface area contributed by atoms with Gasteiger partial charge in [0.25, 0.3) is 0 Å². The van der Waals surface area contributed by atoms with E-state index in [9.17, 15) is 0 Å². The van der Waals surface area contributed by atoms with E-state index < -0.39 is 0 Å². The lowest BCUT2D eigenvalue weighted by molar-refractivity contribution is 0.311. The van der Waals surface area contributed by atoms with E-state index in [0.717, 1.165) is 23.7 Å². The minimum atomic E-state index is 0.623. The van der Waals surface area contributed by atoms with Gasteiger partial charge in [-0.25, -0.2) is 0 Å². The summed E-state index contributed by atoms with van der Waals surface area (Å²) in [7, 11) is 3.69. The van der Waals surface area contributed by atoms with Gasteiger partial charge in [0.15, 0.2) is 11.5 Å². The Morgan fingerprint density at radius 3 is 2.68 bits per heavy atom. The molecule has 0 saturated carbocycles. The van der Waals surface area contributed by atoms with Crippen molar-refractivity contribution in [2.24, 2.45) is 7.05 Å². The monoisotopic (exact) mass is 260 g/mol. The van der Waals surface area contributed by atoms with Crippen LogP contribution < -0.4 is 14.8 Å². The Balaban J connectivity index is 2.08. The Morgan fingerprint density at radius 2 is 2.05 bits per heavy atom. The standard InChI is InChI=1S/C15H20N2O2/c1-4-19-15-10-12(7-8-14(15)18-3)16-11-13-6-5-9-17(13)2/h5-10,16H,4,11H2,1-3H3. The van der Waals surface area contributed by atoms with Crippen molar-refractivity contribution < 1.29 is 9.47 Å². The predicted octanol–water partition coefficient (Wildman–Crippen LogP) is 3.04. The molecule has 4 heteroatoms. The molecule has 0 aliphatic heterocycles. The highest BCUT2D eigenvalue weighted by Crippen LogP contribution is 2.30. The maximum Gasteiger partial charge on any atom is 0.163 e. The van der Waals surface area contributed by atoms with Gasteiger partial charge in [0.05, 0.1) is 20.3 Å². The summed E-state index contributed by atoms with van der Waals surface area (Å²) >= 11 is 0. The Labute approximate surface area is 114 Å². The number of hydrogen-bond donors (Lipinski definition) is 1. The van der Waals surface area contributed by atoms with Crippen LogP contribution in [0, 0.1) is 0 Å². The molecule has 102 valence electrons. The predicted molar refractivity (Wildman–Crippen MR) is 76.9 cm³/mol. The maximum absolute atomic E-state index is 5.56. The fourth-order valence-corrected chi connectivity index (χ4v) is 1.93. The first-order valence-electron chi connectivity index (χ1n) is 6.39. The van der Waals surface area contributed by atoms with Gasteiger partial charge < -0.3 is 19.4 Å². The van der Waals surface area contributed by atoms with Crippen LogP contribution in [-0.2, 0) is 13.6 Å². The Kier molecular flexibility index (Phi) is 4.34. The number of aromatic nitrogens is 1. The van der Waals surface area contributed by atoms with Crippen molar-refractivity contribution in [3.63, 3.8) is 0 Å². The molecule has 0 fully saturated rings. The van der Waals surface area contributed by atoms with E-state index in [4.69, 9.17) is 9.47 Å². The van der Waals surface area contributed by atoms with Crippen LogP contribution in [-0.4, -0.2) is 18.3 Å². The van der Waals surface area contributed by atoms with Crippen molar-refractivity contribution >= 4 is 5.69 Å². The Morgan fingerprint density at radius 1 is 1.21 bits per heavy atom. The first-order valence-corrected chi connectivity index (χ1v) is 6.39. The Bertz CT molecular complexity index is 535. The summed E-state index contributed by atoms with van der Waals surface area (Å²) in [6.45, 7) is 3.36. The van der Waals surface area contributed by atoms with Crippen LogP contribution >= 0.6 is 0 Å². The van der Waals surface area contributed by atoms with Crippen molar-refractivity contribution in [1.29, 1.82) is 0 Å². The molecule has 1 aromatic heterocycles. The molecule has 0 radical (unpaired) electrons. The van der Waals surface area contributed by atoms with Crippen molar-refractivity contribution in [2.45, 2.75) is 13.5 Å². The molecule has 1 N–H and O–H groups in total. The SMILES string of the molecule is CCOc1cc(NCc2cccn2C)ccc1OC. The second kappa shape index (κ2) is 6.18. The summed E-state index contributed by atoms with van der Waals surface area (Å²) in [5, 5.41) is 3.38. The Hall–Kier alpha value is -2.10. The second-order valence-electron chi connectivity index (χ2n) is 4.26. The molecule has 19 heavy (non-hydrogen) atoms. The molecule has 0 saturated heterocycles. The van der Waals surface area contributed by atoms with Gasteiger partial charge in [0.1, 0.15) is 0 Å². The maximum atomic E-state index is 5.56. The first kappa shape index (κ1) is 13.3. The first-order chi connectivity index (χ1) is 9.24. The molecule has 0 aliphatic rings. The highest BCUT2D eigenvalue weighted by atomic mass is 16.5. The van der Waals surface area contributed by atoms with E-state index in [1.54, 1.807) is 7.11 Å². The number of hydrogen-bond acceptors (Lipinski definition) is 3. The molecule has 0 atom stereocenters. The van der Waals surface area contributed by atoms with Gasteiger partial charge in [-0.1, -0.05) is 0 Å². The summed E-state index contributed by atoms with van der Waals surface area (Å²) < 4.78 is 12.9. The van der Waals surface area contributed by atoms with Crippen LogP contribution in [0.5, 0.6) is 11.5 Å². The van der Waals surface area contributed by atoms with Gasteiger partial charge in [-0.3, -0.25) is 0 Å². The molecule has 0 aliphatic carbocycles. The van der Waals surface area contributed by atoms with Gasteiger partial charge in [-0.05, 0) is 31.2 Å². The zero-order chi connectivity index (χ0) is 13.7. The lowest BCUT2D eigenvalue weighted by Gasteiger charge is -2.12. The van der Waals surface area contributed by atoms with Crippen molar-refractivity contribution in [3.8, 4) is 11.5 Å². The number of benzene rings is 1. The molecule has 0 spiro atoms. The molecular weight excluding hydrogens is 240 g/mol. The highest BCUT2D eigenvalue weighted by molar-refractivity contribution is 5.54. The molecule has 0 unspecified atom stereocenters. The number of rotatable bonds is 6. The van der Waals surface area contributed by atoms with Crippen LogP contribution in [0.4, 0.5) is 5.69 Å². The summed E-state index contributed by atoms with van der Waals surface area (Å²) in [5.41, 5.74) is 2.25. The molecular formula is C15H20N2O2. The van der Waals surface area contributed by atoms with E-state index in [2.05, 4.69) is 16.0 Å². The van der Waals surface area contributed by atoms with Crippen molar-refractivity contribution in [2.75, 3.05) is 19.0 Å². The van der Waals surface area contributed by atoms with Crippen LogP contribution in [0.2, 0.25) is 0 Å². The molecule has 0 bridgehead atoms. The number of aryl methyl sites for hydroxylation is 1. The largest absolute Gasteiger partial charge is 0.493 e. The quantitative estimate of drug-likeness (QED) is 0.867. The van der Waals surface area contributed by atoms with Crippen LogP contribution in [0.3, 0.4) is 0 Å². The molecule has 2 aromatic rings. The fraction of sp³-hybridized carbons (Fsp3) is 0.333. The van der Waals surface area contributed by atoms with E-state index in [0.29, 0.717) is 6.61 Å². The van der Waals surface area contributed by atoms with E-state index in [1.807, 2.05) is 44.4 Å². The lowest BCUT2D eigenvalue weighted by atomic mass is 10.2. The van der Waals surface area contributed by atoms with Gasteiger partial charge in [0, 0.05) is 30.7 Å². The summed E-state index contributed by atoms with van der Waals surface area (Å²) in [6, 6.07) is 10.0. The number of ether oxygens (including phenoxy) is 2. The fourth-order valence-electron chi connectivity index (χ4n) is 1.93. The van der Waals surface area contributed by atoms with Gasteiger partial charge in [-0.15, -0.1) is 0 Å². The number of methoxy groups -OCH3 is 1. The molecule has 1 aromatic carbocycles. The topological polar surface area (TPSA) is 35.4 Å². The van der Waals surface area contributed by atoms with Crippen molar-refractivity contribution in [3.05, 3.63) is 42.2 Å². The van der Waals surface area contributed by atoms with E-state index in [-0.39, 0.29) is 0 Å². The zero-order valence-electron chi connectivity index (χ0n) is 11.6. The zero-order valence-corrected chi connectivity index (χ0v) is 11.6. The average Bonchev–Trinajstić information content (AvgIpc) is 2.82. The van der Waals surface area contributed by atoms with E-state index in [1.165, 1.54) is 5.69 Å². The summed E-state index contributed by atoms with van der Waals surface area (Å²) in [5.74, 6) is 1.52. The summed E-state index contributed by atoms with van der Waals surface area (Å²) in [6.07, 6.45) is 2.04. The average molecular weight is 260 g/mol. The number of nitrogens with one attached hydrogen (secondary N) is 1. The molecule has 2 rings (SSSR count). The van der Waals surface area contributed by atoms with E-state index >= 15 is 0 Å².